The Morgan fingerprint density at radius 3 is 2.61 bits per heavy atom. The Bertz CT molecular complexity index is 848. The zero-order chi connectivity index (χ0) is 20.3. The van der Waals surface area contributed by atoms with E-state index in [2.05, 4.69) is 42.3 Å². The lowest BCUT2D eigenvalue weighted by atomic mass is 10.1. The molecule has 1 saturated heterocycles. The zero-order valence-corrected chi connectivity index (χ0v) is 17.8. The molecule has 3 rings (SSSR count). The third-order valence-electron chi connectivity index (χ3n) is 5.75. The Morgan fingerprint density at radius 1 is 1.21 bits per heavy atom. The average molecular weight is 403 g/mol. The fourth-order valence-corrected chi connectivity index (χ4v) is 3.92. The molecule has 0 aromatic heterocycles. The lowest BCUT2D eigenvalue weighted by Crippen LogP contribution is -3.19. The Hall–Kier alpha value is -2.24. The Labute approximate surface area is 172 Å². The van der Waals surface area contributed by atoms with Gasteiger partial charge >= 0.3 is 0 Å². The topological polar surface area (TPSA) is 46.0 Å². The van der Waals surface area contributed by atoms with Gasteiger partial charge in [0.15, 0.2) is 6.04 Å². The number of nitrogens with zero attached hydrogens (tertiary/aromatic N) is 1. The highest BCUT2D eigenvalue weighted by molar-refractivity contribution is 6.31. The van der Waals surface area contributed by atoms with Gasteiger partial charge in [-0.05, 0) is 56.2 Å². The highest BCUT2D eigenvalue weighted by Gasteiger charge is 2.30. The molecule has 0 radical (unpaired) electrons. The summed E-state index contributed by atoms with van der Waals surface area (Å²) in [4.78, 5) is 16.5. The predicted octanol–water partition coefficient (Wildman–Crippen LogP) is 2.70. The van der Waals surface area contributed by atoms with Gasteiger partial charge in [0.2, 0.25) is 0 Å². The van der Waals surface area contributed by atoms with E-state index in [1.54, 1.807) is 25.3 Å². The number of ether oxygens (including phenoxy) is 1. The highest BCUT2D eigenvalue weighted by atomic mass is 35.5. The van der Waals surface area contributed by atoms with Crippen molar-refractivity contribution in [2.75, 3.05) is 43.5 Å². The van der Waals surface area contributed by atoms with Crippen molar-refractivity contribution in [3.05, 3.63) is 52.5 Å². The molecule has 2 N–H and O–H groups in total. The molecule has 0 aliphatic carbocycles. The van der Waals surface area contributed by atoms with Crippen molar-refractivity contribution in [1.29, 1.82) is 0 Å². The number of quaternary nitrogens is 1. The molecule has 5 nitrogen and oxygen atoms in total. The molecule has 0 unspecified atom stereocenters. The summed E-state index contributed by atoms with van der Waals surface area (Å²) in [7, 11) is 1.58. The molecule has 2 aromatic rings. The largest absolute Gasteiger partial charge is 0.495 e. The van der Waals surface area contributed by atoms with E-state index in [0.717, 1.165) is 26.2 Å². The molecule has 1 fully saturated rings. The number of hydrogen-bond donors (Lipinski definition) is 2. The molecule has 1 aliphatic heterocycles. The second-order valence-corrected chi connectivity index (χ2v) is 7.86. The molecule has 2 aromatic carbocycles. The van der Waals surface area contributed by atoms with E-state index in [4.69, 9.17) is 16.3 Å². The first kappa shape index (κ1) is 20.5. The number of benzene rings is 2. The third kappa shape index (κ3) is 4.42. The van der Waals surface area contributed by atoms with Gasteiger partial charge in [-0.15, -0.1) is 0 Å². The molecular formula is C22H29ClN3O2+. The van der Waals surface area contributed by atoms with Gasteiger partial charge in [-0.1, -0.05) is 23.7 Å². The molecule has 0 saturated carbocycles. The summed E-state index contributed by atoms with van der Waals surface area (Å²) < 4.78 is 5.32. The Morgan fingerprint density at radius 2 is 1.93 bits per heavy atom. The fourth-order valence-electron chi connectivity index (χ4n) is 3.75. The number of anilines is 2. The van der Waals surface area contributed by atoms with Crippen molar-refractivity contribution in [2.24, 2.45) is 0 Å². The first-order chi connectivity index (χ1) is 13.4. The second kappa shape index (κ2) is 8.84. The quantitative estimate of drug-likeness (QED) is 0.808. The third-order valence-corrected chi connectivity index (χ3v) is 5.98. The highest BCUT2D eigenvalue weighted by Crippen LogP contribution is 2.27. The minimum absolute atomic E-state index is 0.0178. The minimum Gasteiger partial charge on any atom is -0.495 e. The van der Waals surface area contributed by atoms with Crippen LogP contribution < -0.4 is 19.9 Å². The molecule has 1 amide bonds. The van der Waals surface area contributed by atoms with Crippen LogP contribution in [0.3, 0.4) is 0 Å². The number of hydrogen-bond acceptors (Lipinski definition) is 3. The number of nitrogens with one attached hydrogen (secondary N) is 2. The van der Waals surface area contributed by atoms with E-state index in [9.17, 15) is 4.79 Å². The van der Waals surface area contributed by atoms with Crippen LogP contribution in [0.4, 0.5) is 11.4 Å². The summed E-state index contributed by atoms with van der Waals surface area (Å²) in [6.45, 7) is 10.0. The minimum atomic E-state index is -0.149. The van der Waals surface area contributed by atoms with E-state index in [1.165, 1.54) is 21.7 Å². The number of methoxy groups -OCH3 is 1. The average Bonchev–Trinajstić information content (AvgIpc) is 2.70. The van der Waals surface area contributed by atoms with Gasteiger partial charge < -0.3 is 19.9 Å². The molecule has 1 heterocycles. The van der Waals surface area contributed by atoms with Gasteiger partial charge in [-0.25, -0.2) is 0 Å². The number of rotatable bonds is 5. The second-order valence-electron chi connectivity index (χ2n) is 7.42. The van der Waals surface area contributed by atoms with Crippen LogP contribution in [0.1, 0.15) is 18.1 Å². The number of carbonyl (C=O) groups is 1. The van der Waals surface area contributed by atoms with Crippen LogP contribution in [-0.2, 0) is 4.79 Å². The van der Waals surface area contributed by atoms with Crippen LogP contribution in [0.15, 0.2) is 36.4 Å². The number of halogens is 1. The van der Waals surface area contributed by atoms with Crippen molar-refractivity contribution in [3.8, 4) is 5.75 Å². The number of aryl methyl sites for hydroxylation is 1. The number of amides is 1. The van der Waals surface area contributed by atoms with Gasteiger partial charge in [0.25, 0.3) is 5.91 Å². The van der Waals surface area contributed by atoms with Crippen LogP contribution in [-0.4, -0.2) is 45.2 Å². The molecule has 1 atom stereocenters. The Kier molecular flexibility index (Phi) is 6.47. The van der Waals surface area contributed by atoms with Crippen molar-refractivity contribution in [1.82, 2.24) is 0 Å². The maximum Gasteiger partial charge on any atom is 0.282 e. The van der Waals surface area contributed by atoms with E-state index in [-0.39, 0.29) is 11.9 Å². The molecule has 0 spiro atoms. The van der Waals surface area contributed by atoms with Gasteiger partial charge in [-0.2, -0.15) is 0 Å². The van der Waals surface area contributed by atoms with Crippen molar-refractivity contribution in [2.45, 2.75) is 26.8 Å². The van der Waals surface area contributed by atoms with Crippen LogP contribution in [0.5, 0.6) is 5.75 Å². The summed E-state index contributed by atoms with van der Waals surface area (Å²) in [6, 6.07) is 11.5. The molecule has 28 heavy (non-hydrogen) atoms. The molecule has 150 valence electrons. The molecule has 1 aliphatic rings. The van der Waals surface area contributed by atoms with E-state index >= 15 is 0 Å². The van der Waals surface area contributed by atoms with E-state index < -0.39 is 0 Å². The maximum absolute atomic E-state index is 12.8. The van der Waals surface area contributed by atoms with Gasteiger partial charge in [0.1, 0.15) is 5.75 Å². The van der Waals surface area contributed by atoms with Crippen LogP contribution in [0.25, 0.3) is 0 Å². The van der Waals surface area contributed by atoms with Crippen molar-refractivity contribution >= 4 is 28.9 Å². The lowest BCUT2D eigenvalue weighted by Gasteiger charge is -2.36. The van der Waals surface area contributed by atoms with Gasteiger partial charge in [0, 0.05) is 10.7 Å². The van der Waals surface area contributed by atoms with Gasteiger partial charge in [0.05, 0.1) is 39.0 Å². The van der Waals surface area contributed by atoms with Crippen LogP contribution in [0, 0.1) is 13.8 Å². The van der Waals surface area contributed by atoms with Crippen molar-refractivity contribution in [3.63, 3.8) is 0 Å². The molecule has 0 bridgehead atoms. The monoisotopic (exact) mass is 402 g/mol. The summed E-state index contributed by atoms with van der Waals surface area (Å²) in [5.74, 6) is 0.593. The van der Waals surface area contributed by atoms with Gasteiger partial charge in [-0.3, -0.25) is 4.79 Å². The van der Waals surface area contributed by atoms with Crippen molar-refractivity contribution < 1.29 is 14.4 Å². The smallest absolute Gasteiger partial charge is 0.282 e. The number of piperazine rings is 1. The summed E-state index contributed by atoms with van der Waals surface area (Å²) in [6.07, 6.45) is 0. The molecular weight excluding hydrogens is 374 g/mol. The SMILES string of the molecule is COc1ccc(Cl)cc1NC(=O)[C@H](C)[NH+]1CCN(c2cccc(C)c2C)CC1. The standard InChI is InChI=1S/C22H28ClN3O2/c1-15-6-5-7-20(16(15)2)26-12-10-25(11-13-26)17(3)22(27)24-19-14-18(23)8-9-21(19)28-4/h5-9,14,17H,10-13H2,1-4H3,(H,24,27)/p+1/t17-/m0/s1. The lowest BCUT2D eigenvalue weighted by molar-refractivity contribution is -0.914. The summed E-state index contributed by atoms with van der Waals surface area (Å²) in [5.41, 5.74) is 4.57. The van der Waals surface area contributed by atoms with E-state index in [1.807, 2.05) is 6.92 Å². The normalized spacial score (nSPS) is 16.0. The van der Waals surface area contributed by atoms with Crippen LogP contribution in [0.2, 0.25) is 5.02 Å². The Balaban J connectivity index is 1.62. The zero-order valence-electron chi connectivity index (χ0n) is 17.0. The fraction of sp³-hybridized carbons (Fsp3) is 0.409. The maximum atomic E-state index is 12.8. The predicted molar refractivity (Wildman–Crippen MR) is 115 cm³/mol. The summed E-state index contributed by atoms with van der Waals surface area (Å²) >= 11 is 6.07. The summed E-state index contributed by atoms with van der Waals surface area (Å²) in [5, 5.41) is 3.54. The van der Waals surface area contributed by atoms with Crippen LogP contribution >= 0.6 is 11.6 Å². The van der Waals surface area contributed by atoms with E-state index in [0.29, 0.717) is 16.5 Å². The first-order valence-electron chi connectivity index (χ1n) is 9.71. The first-order valence-corrected chi connectivity index (χ1v) is 10.1. The molecule has 6 heteroatoms. The number of carbonyl (C=O) groups excluding carboxylic acids is 1.